The number of aryl methyl sites for hydroxylation is 4. The molecule has 8 heterocycles. The van der Waals surface area contributed by atoms with Crippen LogP contribution in [-0.4, -0.2) is 36.5 Å². The van der Waals surface area contributed by atoms with Gasteiger partial charge in [0.2, 0.25) is 0 Å². The first kappa shape index (κ1) is 80.8. The Balaban J connectivity index is 0.0000000959. The maximum Gasteiger partial charge on any atom is 0.0641 e. The van der Waals surface area contributed by atoms with Crippen LogP contribution >= 0.6 is 0 Å². The van der Waals surface area contributed by atoms with Crippen LogP contribution in [0.5, 0.6) is 0 Å². The zero-order valence-corrected chi connectivity index (χ0v) is 76.8. The molecule has 29 rings (SSSR count). The molecule has 0 unspecified atom stereocenters. The summed E-state index contributed by atoms with van der Waals surface area (Å²) >= 11 is 0. The van der Waals surface area contributed by atoms with Gasteiger partial charge in [-0.15, -0.1) is 0 Å². The summed E-state index contributed by atoms with van der Waals surface area (Å²) in [6.45, 7) is 0. The highest BCUT2D eigenvalue weighted by molar-refractivity contribution is 6.27. The zero-order chi connectivity index (χ0) is 91.7. The fourth-order valence-electron chi connectivity index (χ4n) is 22.3. The van der Waals surface area contributed by atoms with Gasteiger partial charge in [-0.3, -0.25) is 0 Å². The van der Waals surface area contributed by atoms with Crippen LogP contribution in [0, 0.1) is 0 Å². The van der Waals surface area contributed by atoms with Crippen LogP contribution in [-0.2, 0) is 28.2 Å². The van der Waals surface area contributed by atoms with Gasteiger partial charge >= 0.3 is 0 Å². The molecule has 0 atom stereocenters. The summed E-state index contributed by atoms with van der Waals surface area (Å²) in [5.74, 6) is 0. The van der Waals surface area contributed by atoms with Gasteiger partial charge in [0.25, 0.3) is 0 Å². The van der Waals surface area contributed by atoms with Gasteiger partial charge in [-0.25, -0.2) is 0 Å². The third-order valence-electron chi connectivity index (χ3n) is 29.0. The van der Waals surface area contributed by atoms with E-state index in [-0.39, 0.29) is 0 Å². The van der Waals surface area contributed by atoms with Crippen molar-refractivity contribution < 1.29 is 0 Å². The maximum atomic E-state index is 2.46. The molecule has 29 aromatic rings. The van der Waals surface area contributed by atoms with Crippen molar-refractivity contribution in [2.24, 2.45) is 28.2 Å². The molecule has 8 heteroatoms. The molecular formula is C130H92N8. The van der Waals surface area contributed by atoms with E-state index >= 15 is 0 Å². The summed E-state index contributed by atoms with van der Waals surface area (Å²) in [6.07, 6.45) is 0. The Morgan fingerprint density at radius 2 is 0.341 bits per heavy atom. The molecule has 0 bridgehead atoms. The minimum atomic E-state index is 1.17. The van der Waals surface area contributed by atoms with E-state index in [0.29, 0.717) is 0 Å². The van der Waals surface area contributed by atoms with Gasteiger partial charge in [-0.05, 0) is 195 Å². The summed E-state index contributed by atoms with van der Waals surface area (Å²) in [5.41, 5.74) is 37.1. The second-order valence-electron chi connectivity index (χ2n) is 36.5. The summed E-state index contributed by atoms with van der Waals surface area (Å²) in [4.78, 5) is 0. The van der Waals surface area contributed by atoms with Gasteiger partial charge in [-0.2, -0.15) is 0 Å². The number of aromatic nitrogens is 8. The van der Waals surface area contributed by atoms with E-state index in [2.05, 4.69) is 550 Å². The fourth-order valence-corrected chi connectivity index (χ4v) is 22.3. The maximum absolute atomic E-state index is 2.46. The first-order valence-corrected chi connectivity index (χ1v) is 47.5. The quantitative estimate of drug-likeness (QED) is 0.138. The van der Waals surface area contributed by atoms with E-state index in [1.165, 1.54) is 253 Å². The minimum absolute atomic E-state index is 1.17. The third-order valence-corrected chi connectivity index (χ3v) is 29.0. The average molecular weight is 1770 g/mol. The first-order valence-electron chi connectivity index (χ1n) is 47.5. The van der Waals surface area contributed by atoms with Crippen molar-refractivity contribution in [2.75, 3.05) is 0 Å². The van der Waals surface area contributed by atoms with Crippen molar-refractivity contribution in [1.29, 1.82) is 0 Å². The van der Waals surface area contributed by atoms with E-state index in [1.807, 2.05) is 0 Å². The average Bonchev–Trinajstić information content (AvgIpc) is 2.33. The van der Waals surface area contributed by atoms with E-state index in [1.54, 1.807) is 0 Å². The highest BCUT2D eigenvalue weighted by Crippen LogP contribution is 2.46. The topological polar surface area (TPSA) is 39.4 Å². The predicted octanol–water partition coefficient (Wildman–Crippen LogP) is 34.0. The minimum Gasteiger partial charge on any atom is -0.344 e. The lowest BCUT2D eigenvalue weighted by molar-refractivity contribution is 1.01. The van der Waals surface area contributed by atoms with Crippen molar-refractivity contribution >= 4 is 174 Å². The molecule has 652 valence electrons. The Bertz CT molecular complexity index is 9830. The molecule has 8 nitrogen and oxygen atoms in total. The van der Waals surface area contributed by atoms with Gasteiger partial charge in [0, 0.05) is 176 Å². The van der Waals surface area contributed by atoms with E-state index in [4.69, 9.17) is 0 Å². The Kier molecular flexibility index (Phi) is 19.4. The largest absolute Gasteiger partial charge is 0.344 e. The number of fused-ring (bicyclic) bond motifs is 25. The Morgan fingerprint density at radius 3 is 0.696 bits per heavy atom. The molecule has 0 aliphatic heterocycles. The molecular weight excluding hydrogens is 1670 g/mol. The van der Waals surface area contributed by atoms with Gasteiger partial charge < -0.3 is 36.5 Å². The molecule has 21 aromatic carbocycles. The van der Waals surface area contributed by atoms with Crippen molar-refractivity contribution in [3.8, 4) is 78.4 Å². The molecule has 0 spiro atoms. The standard InChI is InChI=1S/2C37H26N2.C31H22N2.C25H18N2/c1-38-33-16-7-6-15-32(33)36-35(38)23-22-31-30-14-5-8-17-34(30)39(37(31)36)29-13-9-12-28(24-29)27-20-18-26(19-21-27)25-10-3-2-4-11-25;1-38-34-13-7-5-11-30(34)32-24-37-33(23-36(32)38)31-12-6-8-14-35(31)39(37)29-21-19-28(20-22-29)27-17-15-26(16-18-27)25-9-3-2-4-10-25;1-32-28-13-7-5-11-24(28)26-20-31-27(19-30(26)32)25-12-6-8-14-29(25)33(31)23-17-15-22(16-18-23)21-9-3-2-4-10-21;1-26-22-13-7-5-11-18(22)20-16-25-21(15-24(20)26)19-12-6-8-14-23(19)27(25)17-9-3-2-4-10-17/h2*2-24H,1H3;2-20H,1H3;2-16H,1H3. The molecule has 0 aliphatic rings. The number of rotatable bonds is 9. The van der Waals surface area contributed by atoms with E-state index in [0.717, 1.165) is 0 Å². The SMILES string of the molecule is Cn1c2ccccc2c2c1ccc1c3ccccc3n(-c3cccc(-c4ccc(-c5ccccc5)cc4)c3)c12.Cn1c2ccccc2c2cc3c(cc21)c1ccccc1n3-c1ccc(-c2ccc(-c3ccccc3)cc2)cc1.Cn1c2ccccc2c2cc3c(cc21)c1ccccc1n3-c1ccc(-c2ccccc2)cc1.Cn1c2ccccc2c2cc3c(cc21)c1ccccc1n3-c1ccccc1. The highest BCUT2D eigenvalue weighted by Gasteiger charge is 2.24. The number of benzene rings is 21. The first-order chi connectivity index (χ1) is 68.2. The highest BCUT2D eigenvalue weighted by atomic mass is 15.0. The number of para-hydroxylation sites is 9. The van der Waals surface area contributed by atoms with Crippen LogP contribution in [0.15, 0.2) is 485 Å². The molecule has 0 radical (unpaired) electrons. The molecule has 0 saturated heterocycles. The second kappa shape index (κ2) is 33.0. The van der Waals surface area contributed by atoms with Gasteiger partial charge in [-0.1, -0.05) is 346 Å². The Labute approximate surface area is 797 Å². The van der Waals surface area contributed by atoms with E-state index < -0.39 is 0 Å². The lowest BCUT2D eigenvalue weighted by atomic mass is 10.00. The summed E-state index contributed by atoms with van der Waals surface area (Å²) in [6, 6.07) is 175. The van der Waals surface area contributed by atoms with Crippen molar-refractivity contribution in [2.45, 2.75) is 0 Å². The summed E-state index contributed by atoms with van der Waals surface area (Å²) < 4.78 is 18.9. The zero-order valence-electron chi connectivity index (χ0n) is 76.8. The smallest absolute Gasteiger partial charge is 0.0641 e. The van der Waals surface area contributed by atoms with Crippen LogP contribution in [0.25, 0.3) is 253 Å². The normalized spacial score (nSPS) is 11.8. The van der Waals surface area contributed by atoms with Gasteiger partial charge in [0.15, 0.2) is 0 Å². The van der Waals surface area contributed by atoms with Crippen LogP contribution in [0.2, 0.25) is 0 Å². The van der Waals surface area contributed by atoms with Crippen LogP contribution in [0.3, 0.4) is 0 Å². The molecule has 0 fully saturated rings. The lowest BCUT2D eigenvalue weighted by Crippen LogP contribution is -1.95. The van der Waals surface area contributed by atoms with Crippen molar-refractivity contribution in [1.82, 2.24) is 36.5 Å². The van der Waals surface area contributed by atoms with Gasteiger partial charge in [0.05, 0.1) is 49.7 Å². The van der Waals surface area contributed by atoms with Crippen molar-refractivity contribution in [3.05, 3.63) is 485 Å². The predicted molar refractivity (Wildman–Crippen MR) is 586 cm³/mol. The monoisotopic (exact) mass is 1760 g/mol. The Morgan fingerprint density at radius 1 is 0.116 bits per heavy atom. The fraction of sp³-hybridized carbons (Fsp3) is 0.0308. The van der Waals surface area contributed by atoms with E-state index in [9.17, 15) is 0 Å². The lowest BCUT2D eigenvalue weighted by Gasteiger charge is -2.12. The second-order valence-corrected chi connectivity index (χ2v) is 36.5. The molecule has 0 saturated carbocycles. The van der Waals surface area contributed by atoms with Crippen LogP contribution < -0.4 is 0 Å². The number of hydrogen-bond acceptors (Lipinski definition) is 0. The third kappa shape index (κ3) is 13.3. The van der Waals surface area contributed by atoms with Crippen LogP contribution in [0.1, 0.15) is 0 Å². The molecule has 0 amide bonds. The van der Waals surface area contributed by atoms with Gasteiger partial charge in [0.1, 0.15) is 0 Å². The van der Waals surface area contributed by atoms with Crippen molar-refractivity contribution in [3.63, 3.8) is 0 Å². The Hall–Kier alpha value is -18.0. The molecule has 0 aliphatic carbocycles. The molecule has 8 aromatic heterocycles. The molecule has 138 heavy (non-hydrogen) atoms. The summed E-state index contributed by atoms with van der Waals surface area (Å²) in [5, 5.41) is 20.7. The van der Waals surface area contributed by atoms with Crippen LogP contribution in [0.4, 0.5) is 0 Å². The number of hydrogen-bond donors (Lipinski definition) is 0. The molecule has 0 N–H and O–H groups in total. The number of nitrogens with zero attached hydrogens (tertiary/aromatic N) is 8. The summed E-state index contributed by atoms with van der Waals surface area (Å²) in [7, 11) is 8.66.